The molecule has 0 heterocycles. The maximum Gasteiger partial charge on any atom is 0.502 e. The number of hydrogen-bond acceptors (Lipinski definition) is 5. The summed E-state index contributed by atoms with van der Waals surface area (Å²) in [6, 6.07) is 0.713. The Morgan fingerprint density at radius 3 is 2.07 bits per heavy atom. The zero-order valence-electron chi connectivity index (χ0n) is 10.0. The molecular formula is C9H24N2O3Si. The van der Waals surface area contributed by atoms with Crippen LogP contribution in [0.25, 0.3) is 0 Å². The predicted octanol–water partition coefficient (Wildman–Crippen LogP) is 0.888. The molecule has 3 N–H and O–H groups in total. The number of nitrogens with two attached hydrogens (primary N) is 1. The van der Waals surface area contributed by atoms with Crippen molar-refractivity contribution in [1.82, 2.24) is 5.43 Å². The fourth-order valence-electron chi connectivity index (χ4n) is 1.26. The average molecular weight is 236 g/mol. The second kappa shape index (κ2) is 9.26. The van der Waals surface area contributed by atoms with Crippen molar-refractivity contribution in [2.24, 2.45) is 5.84 Å². The molecule has 0 aromatic carbocycles. The summed E-state index contributed by atoms with van der Waals surface area (Å²) in [6.45, 7) is 8.52. The lowest BCUT2D eigenvalue weighted by Gasteiger charge is -2.28. The van der Waals surface area contributed by atoms with Gasteiger partial charge in [0.25, 0.3) is 0 Å². The van der Waals surface area contributed by atoms with E-state index in [1.807, 2.05) is 13.8 Å². The molecular weight excluding hydrogens is 212 g/mol. The minimum absolute atomic E-state index is 0.612. The number of hydrazine groups is 1. The first kappa shape index (κ1) is 15.0. The zero-order valence-corrected chi connectivity index (χ0v) is 11.0. The molecule has 0 aliphatic rings. The highest BCUT2D eigenvalue weighted by molar-refractivity contribution is 6.60. The van der Waals surface area contributed by atoms with E-state index < -0.39 is 8.80 Å². The summed E-state index contributed by atoms with van der Waals surface area (Å²) in [5.74, 6) is 5.26. The van der Waals surface area contributed by atoms with Gasteiger partial charge in [-0.2, -0.15) is 0 Å². The van der Waals surface area contributed by atoms with Crippen molar-refractivity contribution in [2.45, 2.75) is 33.2 Å². The highest BCUT2D eigenvalue weighted by Gasteiger charge is 2.39. The lowest BCUT2D eigenvalue weighted by Crippen LogP contribution is -2.48. The topological polar surface area (TPSA) is 65.7 Å². The van der Waals surface area contributed by atoms with Crippen molar-refractivity contribution in [3.63, 3.8) is 0 Å². The maximum atomic E-state index is 5.76. The van der Waals surface area contributed by atoms with E-state index in [1.54, 1.807) is 0 Å². The summed E-state index contributed by atoms with van der Waals surface area (Å²) < 4.78 is 17.1. The summed E-state index contributed by atoms with van der Waals surface area (Å²) >= 11 is 0. The molecule has 15 heavy (non-hydrogen) atoms. The van der Waals surface area contributed by atoms with E-state index in [-0.39, 0.29) is 0 Å². The Morgan fingerprint density at radius 2 is 1.67 bits per heavy atom. The summed E-state index contributed by atoms with van der Waals surface area (Å²) in [5.41, 5.74) is 2.61. The molecule has 0 aliphatic carbocycles. The SMILES string of the molecule is CCCO[Si](CCNN)(OCC)OCC. The minimum atomic E-state index is -2.48. The molecule has 0 bridgehead atoms. The van der Waals surface area contributed by atoms with Crippen LogP contribution in [0.5, 0.6) is 0 Å². The number of nitrogens with one attached hydrogen (secondary N) is 1. The Kier molecular flexibility index (Phi) is 9.27. The molecule has 0 aromatic rings. The summed E-state index contributed by atoms with van der Waals surface area (Å²) in [5, 5.41) is 0. The van der Waals surface area contributed by atoms with Crippen molar-refractivity contribution in [3.05, 3.63) is 0 Å². The Hall–Kier alpha value is 0.0169. The molecule has 0 saturated carbocycles. The molecule has 5 nitrogen and oxygen atoms in total. The molecule has 6 heteroatoms. The van der Waals surface area contributed by atoms with Gasteiger partial charge in [0.15, 0.2) is 0 Å². The fourth-order valence-corrected chi connectivity index (χ4v) is 3.79. The van der Waals surface area contributed by atoms with Gasteiger partial charge in [-0.05, 0) is 20.3 Å². The standard InChI is InChI=1S/C9H24N2O3Si/c1-4-8-14-15(12-5-2,13-6-3)9-7-11-10/h11H,4-10H2,1-3H3. The van der Waals surface area contributed by atoms with Gasteiger partial charge < -0.3 is 13.3 Å². The monoisotopic (exact) mass is 236 g/mol. The Labute approximate surface area is 93.6 Å². The third kappa shape index (κ3) is 6.24. The van der Waals surface area contributed by atoms with E-state index in [9.17, 15) is 0 Å². The van der Waals surface area contributed by atoms with Crippen LogP contribution in [-0.4, -0.2) is 35.2 Å². The van der Waals surface area contributed by atoms with E-state index in [1.165, 1.54) is 0 Å². The van der Waals surface area contributed by atoms with Crippen LogP contribution in [0, 0.1) is 0 Å². The van der Waals surface area contributed by atoms with E-state index in [0.29, 0.717) is 32.4 Å². The van der Waals surface area contributed by atoms with Crippen LogP contribution in [0.2, 0.25) is 6.04 Å². The molecule has 0 amide bonds. The van der Waals surface area contributed by atoms with Gasteiger partial charge in [0, 0.05) is 32.4 Å². The second-order valence-corrected chi connectivity index (χ2v) is 5.83. The van der Waals surface area contributed by atoms with E-state index in [2.05, 4.69) is 12.3 Å². The molecule has 0 atom stereocenters. The average Bonchev–Trinajstić information content (AvgIpc) is 2.24. The van der Waals surface area contributed by atoms with Crippen LogP contribution in [0.15, 0.2) is 0 Å². The Bertz CT molecular complexity index is 133. The van der Waals surface area contributed by atoms with Crippen molar-refractivity contribution in [2.75, 3.05) is 26.4 Å². The van der Waals surface area contributed by atoms with Crippen LogP contribution in [0.1, 0.15) is 27.2 Å². The molecule has 0 spiro atoms. The maximum absolute atomic E-state index is 5.76. The Morgan fingerprint density at radius 1 is 1.07 bits per heavy atom. The quantitative estimate of drug-likeness (QED) is 0.335. The lowest BCUT2D eigenvalue weighted by atomic mass is 10.5. The molecule has 0 fully saturated rings. The van der Waals surface area contributed by atoms with Gasteiger partial charge in [-0.25, -0.2) is 0 Å². The van der Waals surface area contributed by atoms with E-state index >= 15 is 0 Å². The van der Waals surface area contributed by atoms with Crippen molar-refractivity contribution in [1.29, 1.82) is 0 Å². The molecule has 0 aromatic heterocycles. The molecule has 0 rings (SSSR count). The van der Waals surface area contributed by atoms with Crippen LogP contribution in [0.4, 0.5) is 0 Å². The number of hydrogen-bond donors (Lipinski definition) is 2. The first-order valence-electron chi connectivity index (χ1n) is 5.60. The van der Waals surface area contributed by atoms with Crippen molar-refractivity contribution >= 4 is 8.80 Å². The Balaban J connectivity index is 4.26. The minimum Gasteiger partial charge on any atom is -0.374 e. The van der Waals surface area contributed by atoms with Crippen molar-refractivity contribution in [3.8, 4) is 0 Å². The van der Waals surface area contributed by atoms with Gasteiger partial charge in [0.2, 0.25) is 0 Å². The van der Waals surface area contributed by atoms with Crippen LogP contribution < -0.4 is 11.3 Å². The first-order valence-corrected chi connectivity index (χ1v) is 7.53. The molecule has 0 unspecified atom stereocenters. The summed E-state index contributed by atoms with van der Waals surface area (Å²) in [4.78, 5) is 0. The van der Waals surface area contributed by atoms with Gasteiger partial charge in [-0.1, -0.05) is 6.92 Å². The second-order valence-electron chi connectivity index (χ2n) is 3.10. The molecule has 0 saturated heterocycles. The largest absolute Gasteiger partial charge is 0.502 e. The normalized spacial score (nSPS) is 12.0. The van der Waals surface area contributed by atoms with Gasteiger partial charge >= 0.3 is 8.80 Å². The first-order chi connectivity index (χ1) is 7.24. The zero-order chi connectivity index (χ0) is 11.6. The fraction of sp³-hybridized carbons (Fsp3) is 1.00. The van der Waals surface area contributed by atoms with Crippen molar-refractivity contribution < 1.29 is 13.3 Å². The van der Waals surface area contributed by atoms with E-state index in [4.69, 9.17) is 19.1 Å². The third-order valence-corrected chi connectivity index (χ3v) is 4.79. The lowest BCUT2D eigenvalue weighted by molar-refractivity contribution is 0.0672. The summed E-state index contributed by atoms with van der Waals surface area (Å²) in [7, 11) is -2.48. The van der Waals surface area contributed by atoms with Gasteiger partial charge in [0.1, 0.15) is 0 Å². The molecule has 92 valence electrons. The van der Waals surface area contributed by atoms with Gasteiger partial charge in [-0.15, -0.1) is 0 Å². The molecule has 0 aliphatic heterocycles. The number of rotatable bonds is 10. The van der Waals surface area contributed by atoms with Crippen LogP contribution in [0.3, 0.4) is 0 Å². The van der Waals surface area contributed by atoms with Gasteiger partial charge in [-0.3, -0.25) is 11.3 Å². The highest BCUT2D eigenvalue weighted by Crippen LogP contribution is 2.15. The van der Waals surface area contributed by atoms with Crippen LogP contribution in [-0.2, 0) is 13.3 Å². The molecule has 0 radical (unpaired) electrons. The van der Waals surface area contributed by atoms with Crippen LogP contribution >= 0.6 is 0 Å². The summed E-state index contributed by atoms with van der Waals surface area (Å²) in [6.07, 6.45) is 0.963. The highest BCUT2D eigenvalue weighted by atomic mass is 28.4. The van der Waals surface area contributed by atoms with E-state index in [0.717, 1.165) is 6.42 Å². The smallest absolute Gasteiger partial charge is 0.374 e. The predicted molar refractivity (Wildman–Crippen MR) is 62.2 cm³/mol. The third-order valence-electron chi connectivity index (χ3n) is 1.83. The van der Waals surface area contributed by atoms with Gasteiger partial charge in [0.05, 0.1) is 0 Å².